The highest BCUT2D eigenvalue weighted by Gasteiger charge is 2.17. The number of hydrogen-bond donors (Lipinski definition) is 1. The van der Waals surface area contributed by atoms with Gasteiger partial charge in [0.2, 0.25) is 0 Å². The number of hydrazone groups is 1. The van der Waals surface area contributed by atoms with Crippen LogP contribution in [-0.2, 0) is 4.79 Å². The predicted molar refractivity (Wildman–Crippen MR) is 141 cm³/mol. The van der Waals surface area contributed by atoms with Gasteiger partial charge >= 0.3 is 0 Å². The van der Waals surface area contributed by atoms with Gasteiger partial charge in [-0.25, -0.2) is 5.43 Å². The molecule has 0 saturated carbocycles. The highest BCUT2D eigenvalue weighted by atomic mass is 79.9. The van der Waals surface area contributed by atoms with Gasteiger partial charge < -0.3 is 0 Å². The molecule has 34 heavy (non-hydrogen) atoms. The summed E-state index contributed by atoms with van der Waals surface area (Å²) in [6.45, 7) is 5.96. The summed E-state index contributed by atoms with van der Waals surface area (Å²) in [6, 6.07) is 24.1. The molecule has 0 fully saturated rings. The van der Waals surface area contributed by atoms with Crippen LogP contribution in [0.15, 0.2) is 87.5 Å². The number of halogens is 1. The van der Waals surface area contributed by atoms with Crippen LogP contribution < -0.4 is 5.43 Å². The molecular formula is C26H24BrN5OS. The SMILES string of the molecule is C/C(=N\NC(=O)CSc1nnc(-c2ccc(C)cc2)n1-c1ccc(C)cc1)c1ccc(Br)cc1. The summed E-state index contributed by atoms with van der Waals surface area (Å²) in [6.07, 6.45) is 0. The Kier molecular flexibility index (Phi) is 7.59. The number of aromatic nitrogens is 3. The van der Waals surface area contributed by atoms with Crippen molar-refractivity contribution in [1.29, 1.82) is 0 Å². The van der Waals surface area contributed by atoms with Crippen LogP contribution in [0, 0.1) is 13.8 Å². The summed E-state index contributed by atoms with van der Waals surface area (Å²) in [5.41, 5.74) is 8.56. The minimum absolute atomic E-state index is 0.162. The van der Waals surface area contributed by atoms with E-state index in [0.717, 1.165) is 32.8 Å². The summed E-state index contributed by atoms with van der Waals surface area (Å²) >= 11 is 4.74. The minimum Gasteiger partial charge on any atom is -0.272 e. The fourth-order valence-electron chi connectivity index (χ4n) is 3.24. The van der Waals surface area contributed by atoms with Crippen LogP contribution in [0.4, 0.5) is 0 Å². The molecule has 0 unspecified atom stereocenters. The van der Waals surface area contributed by atoms with Crippen molar-refractivity contribution in [3.63, 3.8) is 0 Å². The summed E-state index contributed by atoms with van der Waals surface area (Å²) in [4.78, 5) is 12.5. The number of thioether (sulfide) groups is 1. The first-order chi connectivity index (χ1) is 16.4. The van der Waals surface area contributed by atoms with Gasteiger partial charge in [-0.2, -0.15) is 5.10 Å². The van der Waals surface area contributed by atoms with Gasteiger partial charge in [-0.3, -0.25) is 9.36 Å². The number of nitrogens with zero attached hydrogens (tertiary/aromatic N) is 4. The highest BCUT2D eigenvalue weighted by Crippen LogP contribution is 2.28. The van der Waals surface area contributed by atoms with Gasteiger partial charge in [-0.05, 0) is 50.6 Å². The Morgan fingerprint density at radius 3 is 2.21 bits per heavy atom. The van der Waals surface area contributed by atoms with Gasteiger partial charge in [0, 0.05) is 15.7 Å². The molecule has 4 rings (SSSR count). The average Bonchev–Trinajstić information content (AvgIpc) is 3.26. The molecule has 1 amide bonds. The van der Waals surface area contributed by atoms with Gasteiger partial charge in [-0.15, -0.1) is 10.2 Å². The lowest BCUT2D eigenvalue weighted by Crippen LogP contribution is -2.21. The van der Waals surface area contributed by atoms with Crippen LogP contribution in [0.1, 0.15) is 23.6 Å². The zero-order valence-electron chi connectivity index (χ0n) is 19.1. The van der Waals surface area contributed by atoms with Gasteiger partial charge in [0.05, 0.1) is 11.5 Å². The zero-order valence-corrected chi connectivity index (χ0v) is 21.5. The van der Waals surface area contributed by atoms with Crippen LogP contribution in [0.3, 0.4) is 0 Å². The van der Waals surface area contributed by atoms with Crippen molar-refractivity contribution in [2.75, 3.05) is 5.75 Å². The van der Waals surface area contributed by atoms with E-state index in [2.05, 4.69) is 67.8 Å². The van der Waals surface area contributed by atoms with E-state index in [9.17, 15) is 4.79 Å². The lowest BCUT2D eigenvalue weighted by Gasteiger charge is -2.11. The first kappa shape index (κ1) is 23.9. The van der Waals surface area contributed by atoms with Crippen molar-refractivity contribution in [3.8, 4) is 17.1 Å². The molecule has 0 aliphatic heterocycles. The summed E-state index contributed by atoms with van der Waals surface area (Å²) < 4.78 is 2.98. The fraction of sp³-hybridized carbons (Fsp3) is 0.154. The third kappa shape index (κ3) is 5.81. The maximum Gasteiger partial charge on any atom is 0.250 e. The largest absolute Gasteiger partial charge is 0.272 e. The Balaban J connectivity index is 1.52. The number of carbonyl (C=O) groups excluding carboxylic acids is 1. The molecule has 1 N–H and O–H groups in total. The number of benzene rings is 3. The zero-order chi connectivity index (χ0) is 24.1. The van der Waals surface area contributed by atoms with Gasteiger partial charge in [0.15, 0.2) is 11.0 Å². The van der Waals surface area contributed by atoms with Crippen molar-refractivity contribution in [1.82, 2.24) is 20.2 Å². The molecule has 0 atom stereocenters. The lowest BCUT2D eigenvalue weighted by molar-refractivity contribution is -0.118. The maximum atomic E-state index is 12.5. The molecule has 4 aromatic rings. The van der Waals surface area contributed by atoms with E-state index in [-0.39, 0.29) is 11.7 Å². The molecule has 1 heterocycles. The van der Waals surface area contributed by atoms with Crippen LogP contribution in [-0.4, -0.2) is 32.1 Å². The van der Waals surface area contributed by atoms with Crippen LogP contribution in [0.25, 0.3) is 17.1 Å². The van der Waals surface area contributed by atoms with E-state index in [4.69, 9.17) is 0 Å². The summed E-state index contributed by atoms with van der Waals surface area (Å²) in [7, 11) is 0. The van der Waals surface area contributed by atoms with Crippen molar-refractivity contribution in [3.05, 3.63) is 94.0 Å². The molecule has 172 valence electrons. The normalized spacial score (nSPS) is 11.5. The molecule has 0 aliphatic carbocycles. The monoisotopic (exact) mass is 533 g/mol. The smallest absolute Gasteiger partial charge is 0.250 e. The topological polar surface area (TPSA) is 72.2 Å². The Morgan fingerprint density at radius 1 is 0.941 bits per heavy atom. The Labute approximate surface area is 211 Å². The first-order valence-electron chi connectivity index (χ1n) is 10.7. The second-order valence-corrected chi connectivity index (χ2v) is 9.73. The van der Waals surface area contributed by atoms with Crippen LogP contribution >= 0.6 is 27.7 Å². The van der Waals surface area contributed by atoms with E-state index in [0.29, 0.717) is 5.16 Å². The van der Waals surface area contributed by atoms with Crippen LogP contribution in [0.5, 0.6) is 0 Å². The van der Waals surface area contributed by atoms with E-state index in [1.54, 1.807) is 0 Å². The van der Waals surface area contributed by atoms with E-state index in [1.165, 1.54) is 22.9 Å². The van der Waals surface area contributed by atoms with Crippen molar-refractivity contribution in [2.45, 2.75) is 25.9 Å². The minimum atomic E-state index is -0.211. The third-order valence-electron chi connectivity index (χ3n) is 5.18. The number of amides is 1. The second kappa shape index (κ2) is 10.8. The molecular weight excluding hydrogens is 510 g/mol. The molecule has 8 heteroatoms. The Hall–Kier alpha value is -3.23. The van der Waals surface area contributed by atoms with Crippen molar-refractivity contribution >= 4 is 39.3 Å². The molecule has 0 aliphatic rings. The quantitative estimate of drug-likeness (QED) is 0.181. The summed E-state index contributed by atoms with van der Waals surface area (Å²) in [5.74, 6) is 0.683. The number of rotatable bonds is 7. The number of aryl methyl sites for hydroxylation is 2. The second-order valence-electron chi connectivity index (χ2n) is 7.87. The molecule has 1 aromatic heterocycles. The highest BCUT2D eigenvalue weighted by molar-refractivity contribution is 9.10. The van der Waals surface area contributed by atoms with E-state index in [1.807, 2.05) is 66.9 Å². The van der Waals surface area contributed by atoms with Gasteiger partial charge in [-0.1, -0.05) is 87.3 Å². The lowest BCUT2D eigenvalue weighted by atomic mass is 10.1. The average molecular weight is 534 g/mol. The fourth-order valence-corrected chi connectivity index (χ4v) is 4.25. The van der Waals surface area contributed by atoms with Gasteiger partial charge in [0.25, 0.3) is 5.91 Å². The van der Waals surface area contributed by atoms with E-state index >= 15 is 0 Å². The van der Waals surface area contributed by atoms with E-state index < -0.39 is 0 Å². The number of nitrogens with one attached hydrogen (secondary N) is 1. The standard InChI is InChI=1S/C26H24BrN5OS/c1-17-4-8-21(9-5-17)25-30-31-26(32(25)23-14-6-18(2)7-15-23)34-16-24(33)29-28-19(3)20-10-12-22(27)13-11-20/h4-15H,16H2,1-3H3,(H,29,33)/b28-19+. The van der Waals surface area contributed by atoms with Gasteiger partial charge in [0.1, 0.15) is 0 Å². The van der Waals surface area contributed by atoms with Crippen molar-refractivity contribution in [2.24, 2.45) is 5.10 Å². The third-order valence-corrected chi connectivity index (χ3v) is 6.64. The number of carbonyl (C=O) groups is 1. The molecule has 0 bridgehead atoms. The molecule has 0 saturated heterocycles. The van der Waals surface area contributed by atoms with Crippen molar-refractivity contribution < 1.29 is 4.79 Å². The maximum absolute atomic E-state index is 12.5. The molecule has 0 spiro atoms. The molecule has 6 nitrogen and oxygen atoms in total. The van der Waals surface area contributed by atoms with Crippen LogP contribution in [0.2, 0.25) is 0 Å². The molecule has 3 aromatic carbocycles. The Morgan fingerprint density at radius 2 is 1.56 bits per heavy atom. The summed E-state index contributed by atoms with van der Waals surface area (Å²) in [5, 5.41) is 13.7. The first-order valence-corrected chi connectivity index (χ1v) is 12.5. The predicted octanol–water partition coefficient (Wildman–Crippen LogP) is 5.95. The Bertz CT molecular complexity index is 1310. The molecule has 0 radical (unpaired) electrons. The number of hydrogen-bond acceptors (Lipinski definition) is 5.